The Morgan fingerprint density at radius 3 is 2.83 bits per heavy atom. The fraction of sp³-hybridized carbons (Fsp3) is 0.632. The Kier molecular flexibility index (Phi) is 5.72. The third-order valence-electron chi connectivity index (χ3n) is 4.93. The maximum Gasteiger partial charge on any atom is 0.191 e. The van der Waals surface area contributed by atoms with E-state index >= 15 is 0 Å². The first-order valence-corrected chi connectivity index (χ1v) is 9.17. The van der Waals surface area contributed by atoms with Crippen LogP contribution in [0.4, 0.5) is 4.39 Å². The number of hydrogen-bond donors (Lipinski definition) is 2. The molecular formula is C19H29FN4. The zero-order valence-electron chi connectivity index (χ0n) is 14.8. The van der Waals surface area contributed by atoms with Crippen molar-refractivity contribution < 1.29 is 4.39 Å². The zero-order chi connectivity index (χ0) is 16.9. The minimum atomic E-state index is -0.158. The molecule has 0 radical (unpaired) electrons. The summed E-state index contributed by atoms with van der Waals surface area (Å²) < 4.78 is 13.3. The number of nitrogens with one attached hydrogen (secondary N) is 2. The van der Waals surface area contributed by atoms with Crippen LogP contribution >= 0.6 is 0 Å². The van der Waals surface area contributed by atoms with Crippen molar-refractivity contribution in [3.63, 3.8) is 0 Å². The molecule has 1 saturated carbocycles. The molecule has 4 nitrogen and oxygen atoms in total. The first-order valence-electron chi connectivity index (χ1n) is 9.17. The lowest BCUT2D eigenvalue weighted by Crippen LogP contribution is -2.40. The molecule has 0 bridgehead atoms. The molecular weight excluding hydrogens is 303 g/mol. The van der Waals surface area contributed by atoms with Gasteiger partial charge in [0.15, 0.2) is 5.96 Å². The summed E-state index contributed by atoms with van der Waals surface area (Å²) in [5, 5.41) is 6.78. The van der Waals surface area contributed by atoms with Crippen LogP contribution in [0.5, 0.6) is 0 Å². The van der Waals surface area contributed by atoms with Crippen LogP contribution in [0.3, 0.4) is 0 Å². The van der Waals surface area contributed by atoms with Gasteiger partial charge < -0.3 is 15.5 Å². The van der Waals surface area contributed by atoms with Crippen LogP contribution < -0.4 is 10.6 Å². The van der Waals surface area contributed by atoms with Gasteiger partial charge in [-0.25, -0.2) is 9.38 Å². The second-order valence-corrected chi connectivity index (χ2v) is 7.04. The largest absolute Gasteiger partial charge is 0.357 e. The molecule has 0 aromatic heterocycles. The monoisotopic (exact) mass is 332 g/mol. The highest BCUT2D eigenvalue weighted by Gasteiger charge is 2.34. The second kappa shape index (κ2) is 7.97. The topological polar surface area (TPSA) is 39.7 Å². The lowest BCUT2D eigenvalue weighted by Gasteiger charge is -2.17. The van der Waals surface area contributed by atoms with Crippen LogP contribution in [-0.2, 0) is 6.54 Å². The minimum Gasteiger partial charge on any atom is -0.357 e. The molecule has 5 heteroatoms. The normalized spacial score (nSPS) is 22.0. The molecule has 1 aliphatic heterocycles. The van der Waals surface area contributed by atoms with E-state index in [1.165, 1.54) is 38.4 Å². The third-order valence-corrected chi connectivity index (χ3v) is 4.93. The van der Waals surface area contributed by atoms with Crippen LogP contribution in [0, 0.1) is 18.7 Å². The molecule has 2 N–H and O–H groups in total. The van der Waals surface area contributed by atoms with E-state index in [0.717, 1.165) is 30.7 Å². The fourth-order valence-corrected chi connectivity index (χ4v) is 3.36. The van der Waals surface area contributed by atoms with Gasteiger partial charge in [-0.05, 0) is 62.8 Å². The maximum atomic E-state index is 13.3. The van der Waals surface area contributed by atoms with Gasteiger partial charge in [0.05, 0.1) is 6.54 Å². The molecule has 1 saturated heterocycles. The number of guanidine groups is 1. The van der Waals surface area contributed by atoms with Gasteiger partial charge in [-0.15, -0.1) is 0 Å². The average molecular weight is 332 g/mol. The molecule has 0 spiro atoms. The van der Waals surface area contributed by atoms with Crippen molar-refractivity contribution >= 4 is 5.96 Å². The van der Waals surface area contributed by atoms with Crippen molar-refractivity contribution in [2.45, 2.75) is 45.7 Å². The summed E-state index contributed by atoms with van der Waals surface area (Å²) in [5.74, 6) is 1.40. The van der Waals surface area contributed by atoms with Gasteiger partial charge in [-0.2, -0.15) is 0 Å². The van der Waals surface area contributed by atoms with Crippen molar-refractivity contribution in [1.82, 2.24) is 15.5 Å². The third kappa shape index (κ3) is 4.69. The summed E-state index contributed by atoms with van der Waals surface area (Å²) in [7, 11) is 0. The van der Waals surface area contributed by atoms with Crippen molar-refractivity contribution in [1.29, 1.82) is 0 Å². The van der Waals surface area contributed by atoms with Crippen molar-refractivity contribution in [3.05, 3.63) is 35.1 Å². The smallest absolute Gasteiger partial charge is 0.191 e. The molecule has 24 heavy (non-hydrogen) atoms. The quantitative estimate of drug-likeness (QED) is 0.621. The summed E-state index contributed by atoms with van der Waals surface area (Å²) in [6.45, 7) is 8.70. The van der Waals surface area contributed by atoms with E-state index in [2.05, 4.69) is 27.4 Å². The Bertz CT molecular complexity index is 583. The highest BCUT2D eigenvalue weighted by Crippen LogP contribution is 2.31. The Balaban J connectivity index is 1.50. The van der Waals surface area contributed by atoms with E-state index in [1.54, 1.807) is 13.0 Å². The van der Waals surface area contributed by atoms with Gasteiger partial charge in [0.25, 0.3) is 0 Å². The minimum absolute atomic E-state index is 0.158. The van der Waals surface area contributed by atoms with E-state index < -0.39 is 0 Å². The standard InChI is InChI=1S/C19H29FN4/c1-3-21-19(22-11-15-4-7-18(20)14(2)10-15)23-12-16-8-9-24(13-16)17-5-6-17/h4,7,10,16-17H,3,5-6,8-9,11-13H2,1-2H3,(H2,21,22,23). The Morgan fingerprint density at radius 2 is 2.12 bits per heavy atom. The van der Waals surface area contributed by atoms with E-state index in [0.29, 0.717) is 18.0 Å². The second-order valence-electron chi connectivity index (χ2n) is 7.04. The first-order chi connectivity index (χ1) is 11.7. The highest BCUT2D eigenvalue weighted by atomic mass is 19.1. The number of halogens is 1. The molecule has 1 aromatic carbocycles. The number of aliphatic imine (C=N–C) groups is 1. The summed E-state index contributed by atoms with van der Waals surface area (Å²) in [6.07, 6.45) is 4.06. The van der Waals surface area contributed by atoms with Crippen LogP contribution in [0.2, 0.25) is 0 Å². The SMILES string of the molecule is CCNC(=NCc1ccc(F)c(C)c1)NCC1CCN(C2CC2)C1. The maximum absolute atomic E-state index is 13.3. The number of likely N-dealkylation sites (tertiary alicyclic amines) is 1. The number of rotatable bonds is 6. The first kappa shape index (κ1) is 17.2. The van der Waals surface area contributed by atoms with Crippen LogP contribution in [0.1, 0.15) is 37.3 Å². The average Bonchev–Trinajstić information content (AvgIpc) is 3.32. The van der Waals surface area contributed by atoms with E-state index in [1.807, 2.05) is 6.07 Å². The molecule has 2 fully saturated rings. The molecule has 3 rings (SSSR count). The molecule has 1 unspecified atom stereocenters. The fourth-order valence-electron chi connectivity index (χ4n) is 3.36. The predicted octanol–water partition coefficient (Wildman–Crippen LogP) is 2.67. The Labute approximate surface area is 144 Å². The van der Waals surface area contributed by atoms with Gasteiger partial charge >= 0.3 is 0 Å². The number of benzene rings is 1. The molecule has 2 aliphatic rings. The van der Waals surface area contributed by atoms with E-state index in [4.69, 9.17) is 0 Å². The Morgan fingerprint density at radius 1 is 1.29 bits per heavy atom. The molecule has 132 valence electrons. The lowest BCUT2D eigenvalue weighted by molar-refractivity contribution is 0.314. The van der Waals surface area contributed by atoms with E-state index in [-0.39, 0.29) is 5.82 Å². The van der Waals surface area contributed by atoms with E-state index in [9.17, 15) is 4.39 Å². The van der Waals surface area contributed by atoms with Crippen LogP contribution in [0.15, 0.2) is 23.2 Å². The van der Waals surface area contributed by atoms with Crippen molar-refractivity contribution in [3.8, 4) is 0 Å². The van der Waals surface area contributed by atoms with Crippen molar-refractivity contribution in [2.75, 3.05) is 26.2 Å². The summed E-state index contributed by atoms with van der Waals surface area (Å²) in [4.78, 5) is 7.28. The summed E-state index contributed by atoms with van der Waals surface area (Å²) >= 11 is 0. The molecule has 1 atom stereocenters. The molecule has 1 aliphatic carbocycles. The van der Waals surface area contributed by atoms with Gasteiger partial charge in [-0.1, -0.05) is 12.1 Å². The van der Waals surface area contributed by atoms with Gasteiger partial charge in [0.1, 0.15) is 5.82 Å². The summed E-state index contributed by atoms with van der Waals surface area (Å²) in [5.41, 5.74) is 1.71. The number of nitrogens with zero attached hydrogens (tertiary/aromatic N) is 2. The van der Waals surface area contributed by atoms with Crippen molar-refractivity contribution in [2.24, 2.45) is 10.9 Å². The van der Waals surface area contributed by atoms with Gasteiger partial charge in [0.2, 0.25) is 0 Å². The highest BCUT2D eigenvalue weighted by molar-refractivity contribution is 5.79. The summed E-state index contributed by atoms with van der Waals surface area (Å²) in [6, 6.07) is 6.07. The van der Waals surface area contributed by atoms with Crippen LogP contribution in [0.25, 0.3) is 0 Å². The van der Waals surface area contributed by atoms with Gasteiger partial charge in [0, 0.05) is 25.7 Å². The predicted molar refractivity (Wildman–Crippen MR) is 96.7 cm³/mol. The Hall–Kier alpha value is -1.62. The molecule has 1 heterocycles. The molecule has 1 aromatic rings. The number of hydrogen-bond acceptors (Lipinski definition) is 2. The van der Waals surface area contributed by atoms with Crippen LogP contribution in [-0.4, -0.2) is 43.1 Å². The number of aryl methyl sites for hydroxylation is 1. The zero-order valence-corrected chi connectivity index (χ0v) is 14.8. The lowest BCUT2D eigenvalue weighted by atomic mass is 10.1. The molecule has 0 amide bonds. The van der Waals surface area contributed by atoms with Gasteiger partial charge in [-0.3, -0.25) is 0 Å².